The fraction of sp³-hybridized carbons (Fsp3) is 0.276. The number of thioether (sulfide) groups is 1. The molecule has 2 bridgehead atoms. The van der Waals surface area contributed by atoms with Crippen LogP contribution in [-0.4, -0.2) is 37.1 Å². The second-order valence-electron chi connectivity index (χ2n) is 8.62. The van der Waals surface area contributed by atoms with Crippen molar-refractivity contribution >= 4 is 23.8 Å². The summed E-state index contributed by atoms with van der Waals surface area (Å²) in [5, 5.41) is 11.7. The highest BCUT2D eigenvalue weighted by Crippen LogP contribution is 2.39. The predicted octanol–water partition coefficient (Wildman–Crippen LogP) is 5.82. The van der Waals surface area contributed by atoms with E-state index >= 15 is 0 Å². The molecule has 1 N–H and O–H groups in total. The summed E-state index contributed by atoms with van der Waals surface area (Å²) in [6, 6.07) is 10.5. The highest BCUT2D eigenvalue weighted by Gasteiger charge is 2.21. The van der Waals surface area contributed by atoms with Crippen LogP contribution >= 0.6 is 11.8 Å². The Morgan fingerprint density at radius 3 is 2.60 bits per heavy atom. The van der Waals surface area contributed by atoms with E-state index in [4.69, 9.17) is 4.99 Å². The standard InChI is InChI=1S/C23H16N2OS.C6H14N2/c24-14-16-5-1-2-6-18(11-16)23-21-7-3-4-8-22(21)27-20-10-9-17(15-26)12-19(13-20)25-23;1-7-8-5-3-2-4-6-8/h1-10,12,15H,11,13H2;7H,2-6H2,1H3. The van der Waals surface area contributed by atoms with Crippen molar-refractivity contribution in [1.29, 1.82) is 5.26 Å². The van der Waals surface area contributed by atoms with Crippen LogP contribution in [0.5, 0.6) is 0 Å². The molecule has 178 valence electrons. The van der Waals surface area contributed by atoms with Crippen molar-refractivity contribution < 1.29 is 4.79 Å². The Morgan fingerprint density at radius 1 is 1.06 bits per heavy atom. The Morgan fingerprint density at radius 2 is 1.86 bits per heavy atom. The summed E-state index contributed by atoms with van der Waals surface area (Å²) >= 11 is 1.71. The van der Waals surface area contributed by atoms with Gasteiger partial charge in [-0.1, -0.05) is 66.8 Å². The Hall–Kier alpha value is -3.24. The van der Waals surface area contributed by atoms with Gasteiger partial charge in [0.15, 0.2) is 0 Å². The number of nitrogens with zero attached hydrogens (tertiary/aromatic N) is 3. The van der Waals surface area contributed by atoms with Gasteiger partial charge in [-0.05, 0) is 48.6 Å². The molecule has 0 amide bonds. The van der Waals surface area contributed by atoms with Gasteiger partial charge in [-0.15, -0.1) is 0 Å². The Bertz CT molecular complexity index is 1220. The van der Waals surface area contributed by atoms with E-state index in [1.165, 1.54) is 32.4 Å². The topological polar surface area (TPSA) is 68.5 Å². The zero-order chi connectivity index (χ0) is 24.5. The van der Waals surface area contributed by atoms with Gasteiger partial charge in [0.25, 0.3) is 0 Å². The van der Waals surface area contributed by atoms with Gasteiger partial charge < -0.3 is 0 Å². The van der Waals surface area contributed by atoms with Crippen LogP contribution in [-0.2, 0) is 4.79 Å². The lowest BCUT2D eigenvalue weighted by Crippen LogP contribution is -2.38. The SMILES string of the molecule is CNN1CCCCC1.N#CC1=CC=CC=C(C2=NC3=CC(C=O)=CC=C(C3)Sc3ccccc32)C1. The van der Waals surface area contributed by atoms with Crippen molar-refractivity contribution in [1.82, 2.24) is 10.4 Å². The Labute approximate surface area is 212 Å². The number of nitriles is 1. The fourth-order valence-corrected chi connectivity index (χ4v) is 5.36. The van der Waals surface area contributed by atoms with E-state index in [1.807, 2.05) is 61.7 Å². The summed E-state index contributed by atoms with van der Waals surface area (Å²) in [6.07, 6.45) is 19.6. The lowest BCUT2D eigenvalue weighted by atomic mass is 9.96. The number of aliphatic imine (C=N–C) groups is 1. The lowest BCUT2D eigenvalue weighted by Gasteiger charge is -2.24. The molecule has 0 aromatic heterocycles. The number of piperidine rings is 1. The van der Waals surface area contributed by atoms with Crippen LogP contribution in [0.3, 0.4) is 0 Å². The summed E-state index contributed by atoms with van der Waals surface area (Å²) in [6.45, 7) is 2.47. The third-order valence-electron chi connectivity index (χ3n) is 6.13. The molecule has 2 aliphatic heterocycles. The summed E-state index contributed by atoms with van der Waals surface area (Å²) in [7, 11) is 1.99. The molecule has 4 aliphatic rings. The van der Waals surface area contributed by atoms with Crippen molar-refractivity contribution in [3.8, 4) is 6.07 Å². The maximum Gasteiger partial charge on any atom is 0.150 e. The minimum atomic E-state index is 0.535. The molecule has 0 spiro atoms. The van der Waals surface area contributed by atoms with Crippen LogP contribution in [0.1, 0.15) is 37.7 Å². The molecular formula is C29H30N4OS. The summed E-state index contributed by atoms with van der Waals surface area (Å²) in [4.78, 5) is 18.6. The predicted molar refractivity (Wildman–Crippen MR) is 144 cm³/mol. The molecule has 0 radical (unpaired) electrons. The number of fused-ring (bicyclic) bond motifs is 3. The summed E-state index contributed by atoms with van der Waals surface area (Å²) in [5.41, 5.74) is 8.22. The maximum absolute atomic E-state index is 11.3. The quantitative estimate of drug-likeness (QED) is 0.550. The summed E-state index contributed by atoms with van der Waals surface area (Å²) < 4.78 is 0. The Balaban J connectivity index is 0.000000308. The molecule has 1 saturated heterocycles. The van der Waals surface area contributed by atoms with Gasteiger partial charge in [0, 0.05) is 53.2 Å². The average Bonchev–Trinajstić information content (AvgIpc) is 3.26. The van der Waals surface area contributed by atoms with E-state index < -0.39 is 0 Å². The number of benzene rings is 1. The third-order valence-corrected chi connectivity index (χ3v) is 7.25. The van der Waals surface area contributed by atoms with Crippen molar-refractivity contribution in [2.24, 2.45) is 4.99 Å². The van der Waals surface area contributed by atoms with E-state index in [0.717, 1.165) is 38.6 Å². The number of nitrogens with one attached hydrogen (secondary N) is 1. The van der Waals surface area contributed by atoms with Crippen molar-refractivity contribution in [2.45, 2.75) is 37.0 Å². The number of rotatable bonds is 3. The first-order valence-corrected chi connectivity index (χ1v) is 12.8. The first-order valence-electron chi connectivity index (χ1n) is 12.0. The van der Waals surface area contributed by atoms with Gasteiger partial charge >= 0.3 is 0 Å². The fourth-order valence-electron chi connectivity index (χ4n) is 4.30. The molecule has 5 nitrogen and oxygen atoms in total. The second-order valence-corrected chi connectivity index (χ2v) is 9.79. The molecular weight excluding hydrogens is 452 g/mol. The van der Waals surface area contributed by atoms with Gasteiger partial charge in [0.05, 0.1) is 11.8 Å². The largest absolute Gasteiger partial charge is 0.298 e. The molecule has 0 saturated carbocycles. The number of hydrogen-bond acceptors (Lipinski definition) is 6. The van der Waals surface area contributed by atoms with Crippen LogP contribution in [0.25, 0.3) is 0 Å². The monoisotopic (exact) mass is 482 g/mol. The number of carbonyl (C=O) groups is 1. The molecule has 1 aromatic rings. The smallest absolute Gasteiger partial charge is 0.150 e. The maximum atomic E-state index is 11.3. The molecule has 5 rings (SSSR count). The highest BCUT2D eigenvalue weighted by atomic mass is 32.2. The Kier molecular flexibility index (Phi) is 8.85. The highest BCUT2D eigenvalue weighted by molar-refractivity contribution is 8.03. The molecule has 1 fully saturated rings. The molecule has 2 heterocycles. The normalized spacial score (nSPS) is 19.7. The number of allylic oxidation sites excluding steroid dienone is 11. The molecule has 0 atom stereocenters. The van der Waals surface area contributed by atoms with Crippen LogP contribution in [0.4, 0.5) is 0 Å². The zero-order valence-corrected chi connectivity index (χ0v) is 20.9. The molecule has 2 aliphatic carbocycles. The van der Waals surface area contributed by atoms with Crippen LogP contribution in [0, 0.1) is 11.3 Å². The van der Waals surface area contributed by atoms with E-state index in [9.17, 15) is 10.1 Å². The van der Waals surface area contributed by atoms with Crippen LogP contribution < -0.4 is 5.43 Å². The number of aldehydes is 1. The molecule has 1 aromatic carbocycles. The second kappa shape index (κ2) is 12.5. The number of carbonyl (C=O) groups excluding carboxylic acids is 1. The third kappa shape index (κ3) is 6.67. The molecule has 0 unspecified atom stereocenters. The van der Waals surface area contributed by atoms with Gasteiger partial charge in [-0.2, -0.15) is 5.26 Å². The van der Waals surface area contributed by atoms with E-state index in [2.05, 4.69) is 28.6 Å². The molecule has 6 heteroatoms. The van der Waals surface area contributed by atoms with Crippen LogP contribution in [0.2, 0.25) is 0 Å². The first kappa shape index (κ1) is 24.9. The lowest BCUT2D eigenvalue weighted by molar-refractivity contribution is -0.104. The minimum absolute atomic E-state index is 0.535. The summed E-state index contributed by atoms with van der Waals surface area (Å²) in [5.74, 6) is 0. The van der Waals surface area contributed by atoms with Crippen molar-refractivity contribution in [2.75, 3.05) is 20.1 Å². The number of hydrazine groups is 1. The van der Waals surface area contributed by atoms with E-state index in [0.29, 0.717) is 24.0 Å². The minimum Gasteiger partial charge on any atom is -0.298 e. The van der Waals surface area contributed by atoms with Gasteiger partial charge in [-0.25, -0.2) is 5.01 Å². The molecule has 35 heavy (non-hydrogen) atoms. The van der Waals surface area contributed by atoms with E-state index in [-0.39, 0.29) is 0 Å². The zero-order valence-electron chi connectivity index (χ0n) is 20.0. The van der Waals surface area contributed by atoms with Gasteiger partial charge in [-0.3, -0.25) is 15.2 Å². The first-order chi connectivity index (χ1) is 17.2. The van der Waals surface area contributed by atoms with Gasteiger partial charge in [0.2, 0.25) is 0 Å². The van der Waals surface area contributed by atoms with Gasteiger partial charge in [0.1, 0.15) is 6.29 Å². The number of hydrogen-bond donors (Lipinski definition) is 1. The average molecular weight is 483 g/mol. The van der Waals surface area contributed by atoms with Crippen LogP contribution in [0.15, 0.2) is 104 Å². The van der Waals surface area contributed by atoms with Crippen molar-refractivity contribution in [3.05, 3.63) is 99.7 Å². The van der Waals surface area contributed by atoms with E-state index in [1.54, 1.807) is 11.8 Å². The van der Waals surface area contributed by atoms with Crippen molar-refractivity contribution in [3.63, 3.8) is 0 Å².